The van der Waals surface area contributed by atoms with Gasteiger partial charge in [-0.05, 0) is 65.9 Å². The van der Waals surface area contributed by atoms with Crippen molar-refractivity contribution in [2.24, 2.45) is 11.7 Å². The molecule has 1 amide bonds. The normalized spacial score (nSPS) is 21.5. The van der Waals surface area contributed by atoms with Crippen LogP contribution in [0, 0.1) is 17.6 Å². The number of aliphatic hydroxyl groups excluding tert-OH is 1. The molecule has 1 aromatic carbocycles. The molecular weight excluding hydrogens is 497 g/mol. The summed E-state index contributed by atoms with van der Waals surface area (Å²) in [5, 5.41) is 13.3. The van der Waals surface area contributed by atoms with Gasteiger partial charge in [-0.1, -0.05) is 13.8 Å². The van der Waals surface area contributed by atoms with Crippen LogP contribution < -0.4 is 16.4 Å². The highest BCUT2D eigenvalue weighted by Crippen LogP contribution is 2.38. The van der Waals surface area contributed by atoms with Gasteiger partial charge < -0.3 is 16.2 Å². The molecule has 5 atom stereocenters. The molecule has 194 valence electrons. The minimum absolute atomic E-state index is 0.00144. The molecule has 4 N–H and O–H groups in total. The average Bonchev–Trinajstić information content (AvgIpc) is 2.87. The van der Waals surface area contributed by atoms with Gasteiger partial charge in [0, 0.05) is 29.8 Å². The van der Waals surface area contributed by atoms with Crippen molar-refractivity contribution in [1.82, 2.24) is 9.97 Å². The highest BCUT2D eigenvalue weighted by Gasteiger charge is 2.34. The third-order valence-corrected chi connectivity index (χ3v) is 7.31. The maximum atomic E-state index is 15.0. The highest BCUT2D eigenvalue weighted by molar-refractivity contribution is 7.28. The fourth-order valence-electron chi connectivity index (χ4n) is 4.87. The lowest BCUT2D eigenvalue weighted by Crippen LogP contribution is -2.44. The Balaban J connectivity index is 1.64. The molecule has 0 spiro atoms. The van der Waals surface area contributed by atoms with E-state index in [9.17, 15) is 23.5 Å². The summed E-state index contributed by atoms with van der Waals surface area (Å²) in [6.07, 6.45) is 3.99. The molecular formula is C27H29F2N4O3P. The van der Waals surface area contributed by atoms with Gasteiger partial charge in [-0.15, -0.1) is 9.24 Å². The number of pyridine rings is 2. The number of anilines is 1. The number of aromatic nitrogens is 2. The van der Waals surface area contributed by atoms with Gasteiger partial charge in [0.05, 0.1) is 18.0 Å². The van der Waals surface area contributed by atoms with E-state index < -0.39 is 23.6 Å². The van der Waals surface area contributed by atoms with Crippen LogP contribution in [0.3, 0.4) is 0 Å². The van der Waals surface area contributed by atoms with E-state index in [0.717, 1.165) is 17.7 Å². The van der Waals surface area contributed by atoms with Crippen LogP contribution in [0.5, 0.6) is 0 Å². The Labute approximate surface area is 216 Å². The SMILES string of the molecule is CCC(=O)c1cc(F)c(-c2nc(C(=O)Nc3cnccc3C3CC(C)C(O)C(N)C3)ccc2F)c(P)c1. The number of halogens is 2. The number of benzene rings is 1. The van der Waals surface area contributed by atoms with Crippen LogP contribution in [0.2, 0.25) is 0 Å². The van der Waals surface area contributed by atoms with Crippen LogP contribution in [0.4, 0.5) is 14.5 Å². The first-order chi connectivity index (χ1) is 17.6. The van der Waals surface area contributed by atoms with Gasteiger partial charge in [-0.3, -0.25) is 14.6 Å². The third kappa shape index (κ3) is 5.59. The second kappa shape index (κ2) is 11.1. The zero-order chi connectivity index (χ0) is 26.9. The Morgan fingerprint density at radius 2 is 1.95 bits per heavy atom. The predicted octanol–water partition coefficient (Wildman–Crippen LogP) is 3.97. The minimum Gasteiger partial charge on any atom is -0.391 e. The number of nitrogens with zero attached hydrogens (tertiary/aromatic N) is 2. The number of Topliss-reactive ketones (excluding diaryl/α,β-unsaturated/α-hetero) is 1. The number of hydrogen-bond acceptors (Lipinski definition) is 6. The Morgan fingerprint density at radius 1 is 1.19 bits per heavy atom. The van der Waals surface area contributed by atoms with Crippen LogP contribution in [0.15, 0.2) is 42.7 Å². The number of hydrogen-bond donors (Lipinski definition) is 3. The maximum Gasteiger partial charge on any atom is 0.274 e. The number of nitrogens with one attached hydrogen (secondary N) is 1. The van der Waals surface area contributed by atoms with Crippen molar-refractivity contribution in [3.63, 3.8) is 0 Å². The second-order valence-corrected chi connectivity index (χ2v) is 10.1. The Kier molecular flexibility index (Phi) is 8.07. The summed E-state index contributed by atoms with van der Waals surface area (Å²) in [6.45, 7) is 3.60. The smallest absolute Gasteiger partial charge is 0.274 e. The fourth-order valence-corrected chi connectivity index (χ4v) is 5.32. The molecule has 7 nitrogen and oxygen atoms in total. The molecule has 10 heteroatoms. The van der Waals surface area contributed by atoms with E-state index in [1.165, 1.54) is 18.3 Å². The number of rotatable bonds is 6. The number of carbonyl (C=O) groups excluding carboxylic acids is 2. The van der Waals surface area contributed by atoms with Crippen molar-refractivity contribution < 1.29 is 23.5 Å². The standard InChI is InChI=1S/C27H29F2N4O3P/c1-3-22(34)15-9-18(29)24(23(37)11-15)25-17(28)4-5-20(32-25)27(36)33-21-12-31-7-6-16(21)14-8-13(2)26(35)19(30)10-14/h4-7,9,11-14,19,26,35H,3,8,10,30,37H2,1-2H3,(H,33,36). The van der Waals surface area contributed by atoms with Crippen molar-refractivity contribution in [1.29, 1.82) is 0 Å². The Morgan fingerprint density at radius 3 is 2.62 bits per heavy atom. The molecule has 0 radical (unpaired) electrons. The quantitative estimate of drug-likeness (QED) is 0.331. The average molecular weight is 527 g/mol. The molecule has 37 heavy (non-hydrogen) atoms. The lowest BCUT2D eigenvalue weighted by Gasteiger charge is -2.36. The summed E-state index contributed by atoms with van der Waals surface area (Å²) in [4.78, 5) is 33.4. The first-order valence-electron chi connectivity index (χ1n) is 12.1. The Hall–Kier alpha value is -3.13. The molecule has 0 saturated heterocycles. The summed E-state index contributed by atoms with van der Waals surface area (Å²) in [5.41, 5.74) is 7.00. The van der Waals surface area contributed by atoms with Gasteiger partial charge >= 0.3 is 0 Å². The van der Waals surface area contributed by atoms with Crippen molar-refractivity contribution in [3.8, 4) is 11.3 Å². The van der Waals surface area contributed by atoms with E-state index in [4.69, 9.17) is 5.73 Å². The first-order valence-corrected chi connectivity index (χ1v) is 12.7. The summed E-state index contributed by atoms with van der Waals surface area (Å²) in [6, 6.07) is 6.19. The Bertz CT molecular complexity index is 1320. The summed E-state index contributed by atoms with van der Waals surface area (Å²) in [5.74, 6) is -2.49. The van der Waals surface area contributed by atoms with Gasteiger partial charge in [-0.2, -0.15) is 0 Å². The van der Waals surface area contributed by atoms with Gasteiger partial charge in [0.2, 0.25) is 0 Å². The van der Waals surface area contributed by atoms with Gasteiger partial charge in [0.1, 0.15) is 23.0 Å². The van der Waals surface area contributed by atoms with Crippen LogP contribution in [-0.4, -0.2) is 38.9 Å². The molecule has 1 aliphatic carbocycles. The van der Waals surface area contributed by atoms with Crippen LogP contribution in [-0.2, 0) is 0 Å². The zero-order valence-corrected chi connectivity index (χ0v) is 21.7. The van der Waals surface area contributed by atoms with E-state index in [-0.39, 0.29) is 57.9 Å². The van der Waals surface area contributed by atoms with Gasteiger partial charge in [0.15, 0.2) is 5.78 Å². The molecule has 2 heterocycles. The highest BCUT2D eigenvalue weighted by atomic mass is 31.0. The molecule has 3 aromatic rings. The predicted molar refractivity (Wildman–Crippen MR) is 141 cm³/mol. The summed E-state index contributed by atoms with van der Waals surface area (Å²) >= 11 is 0. The first kappa shape index (κ1) is 26.9. The van der Waals surface area contributed by atoms with Crippen molar-refractivity contribution in [3.05, 3.63) is 71.2 Å². The molecule has 5 unspecified atom stereocenters. The van der Waals surface area contributed by atoms with Crippen molar-refractivity contribution in [2.75, 3.05) is 5.32 Å². The summed E-state index contributed by atoms with van der Waals surface area (Å²) < 4.78 is 29.8. The van der Waals surface area contributed by atoms with E-state index in [1.54, 1.807) is 19.2 Å². The lowest BCUT2D eigenvalue weighted by molar-refractivity contribution is 0.0521. The number of amides is 1. The lowest BCUT2D eigenvalue weighted by atomic mass is 9.74. The van der Waals surface area contributed by atoms with Gasteiger partial charge in [-0.25, -0.2) is 13.8 Å². The van der Waals surface area contributed by atoms with Crippen LogP contribution >= 0.6 is 9.24 Å². The van der Waals surface area contributed by atoms with E-state index >= 15 is 0 Å². The molecule has 0 bridgehead atoms. The number of ketones is 1. The molecule has 4 rings (SSSR count). The molecule has 1 fully saturated rings. The van der Waals surface area contributed by atoms with Gasteiger partial charge in [0.25, 0.3) is 5.91 Å². The third-order valence-electron chi connectivity index (χ3n) is 6.86. The largest absolute Gasteiger partial charge is 0.391 e. The number of aliphatic hydroxyl groups is 1. The van der Waals surface area contributed by atoms with E-state index in [0.29, 0.717) is 18.5 Å². The van der Waals surface area contributed by atoms with Crippen molar-refractivity contribution >= 4 is 31.9 Å². The zero-order valence-electron chi connectivity index (χ0n) is 20.5. The topological polar surface area (TPSA) is 118 Å². The van der Waals surface area contributed by atoms with Crippen LogP contribution in [0.1, 0.15) is 65.4 Å². The number of nitrogens with two attached hydrogens (primary N) is 1. The monoisotopic (exact) mass is 526 g/mol. The van der Waals surface area contributed by atoms with Crippen LogP contribution in [0.25, 0.3) is 11.3 Å². The molecule has 1 aliphatic rings. The summed E-state index contributed by atoms with van der Waals surface area (Å²) in [7, 11) is 2.30. The van der Waals surface area contributed by atoms with E-state index in [1.807, 2.05) is 6.92 Å². The number of carbonyl (C=O) groups is 2. The molecule has 1 saturated carbocycles. The molecule has 0 aliphatic heterocycles. The maximum absolute atomic E-state index is 15.0. The fraction of sp³-hybridized carbons (Fsp3) is 0.333. The molecule has 2 aromatic heterocycles. The van der Waals surface area contributed by atoms with E-state index in [2.05, 4.69) is 24.5 Å². The minimum atomic E-state index is -0.812. The van der Waals surface area contributed by atoms with Crippen molar-refractivity contribution in [2.45, 2.75) is 51.2 Å². The second-order valence-electron chi connectivity index (χ2n) is 9.44.